The van der Waals surface area contributed by atoms with Gasteiger partial charge in [0.15, 0.2) is 5.78 Å². The van der Waals surface area contributed by atoms with Gasteiger partial charge in [-0.1, -0.05) is 60.7 Å². The smallest absolute Gasteiger partial charge is 0.183 e. The third kappa shape index (κ3) is 2.25. The average Bonchev–Trinajstić information content (AvgIpc) is 3.01. The van der Waals surface area contributed by atoms with Crippen molar-refractivity contribution in [1.29, 1.82) is 0 Å². The first-order chi connectivity index (χ1) is 10.8. The van der Waals surface area contributed by atoms with Gasteiger partial charge < -0.3 is 4.98 Å². The van der Waals surface area contributed by atoms with Gasteiger partial charge in [-0.15, -0.1) is 0 Å². The third-order valence-electron chi connectivity index (χ3n) is 4.24. The number of hydrogen-bond acceptors (Lipinski definition) is 2. The molecular weight excluding hydrogens is 272 g/mol. The van der Waals surface area contributed by atoms with Gasteiger partial charge in [0, 0.05) is 17.7 Å². The third-order valence-corrected chi connectivity index (χ3v) is 4.24. The SMILES string of the molecule is O=C1C[C@@H](c2ccccc2)Cc2[nH]c(-c3ccccc3)nc21. The fourth-order valence-electron chi connectivity index (χ4n) is 3.12. The molecule has 108 valence electrons. The Bertz CT molecular complexity index is 806. The van der Waals surface area contributed by atoms with Crippen molar-refractivity contribution in [3.05, 3.63) is 77.6 Å². The minimum Gasteiger partial charge on any atom is -0.341 e. The lowest BCUT2D eigenvalue weighted by molar-refractivity contribution is 0.0959. The maximum Gasteiger partial charge on any atom is 0.183 e. The summed E-state index contributed by atoms with van der Waals surface area (Å²) in [6.45, 7) is 0. The first kappa shape index (κ1) is 13.0. The van der Waals surface area contributed by atoms with Gasteiger partial charge in [-0.05, 0) is 17.9 Å². The van der Waals surface area contributed by atoms with Crippen molar-refractivity contribution in [3.63, 3.8) is 0 Å². The Morgan fingerprint density at radius 2 is 1.59 bits per heavy atom. The molecule has 3 aromatic rings. The Balaban J connectivity index is 1.70. The molecule has 0 bridgehead atoms. The van der Waals surface area contributed by atoms with Crippen molar-refractivity contribution in [2.75, 3.05) is 0 Å². The molecule has 1 atom stereocenters. The van der Waals surface area contributed by atoms with Gasteiger partial charge in [-0.25, -0.2) is 4.98 Å². The maximum atomic E-state index is 12.4. The number of imidazole rings is 1. The van der Waals surface area contributed by atoms with Gasteiger partial charge >= 0.3 is 0 Å². The van der Waals surface area contributed by atoms with Crippen molar-refractivity contribution in [2.45, 2.75) is 18.8 Å². The first-order valence-electron chi connectivity index (χ1n) is 7.53. The number of benzene rings is 2. The summed E-state index contributed by atoms with van der Waals surface area (Å²) in [5, 5.41) is 0. The molecule has 2 aromatic carbocycles. The molecule has 1 aliphatic carbocycles. The monoisotopic (exact) mass is 288 g/mol. The zero-order valence-corrected chi connectivity index (χ0v) is 12.1. The van der Waals surface area contributed by atoms with Gasteiger partial charge in [0.25, 0.3) is 0 Å². The summed E-state index contributed by atoms with van der Waals surface area (Å²) >= 11 is 0. The number of nitrogens with one attached hydrogen (secondary N) is 1. The number of aromatic amines is 1. The highest BCUT2D eigenvalue weighted by molar-refractivity contribution is 5.97. The van der Waals surface area contributed by atoms with Crippen LogP contribution in [-0.2, 0) is 6.42 Å². The normalized spacial score (nSPS) is 17.3. The van der Waals surface area contributed by atoms with Gasteiger partial charge in [0.1, 0.15) is 11.5 Å². The molecule has 0 amide bonds. The molecular formula is C19H16N2O. The maximum absolute atomic E-state index is 12.4. The van der Waals surface area contributed by atoms with E-state index in [4.69, 9.17) is 0 Å². The predicted molar refractivity (Wildman–Crippen MR) is 85.9 cm³/mol. The van der Waals surface area contributed by atoms with Crippen LogP contribution in [0.1, 0.15) is 34.1 Å². The van der Waals surface area contributed by atoms with Crippen LogP contribution in [0.5, 0.6) is 0 Å². The molecule has 0 saturated carbocycles. The van der Waals surface area contributed by atoms with Crippen molar-refractivity contribution in [3.8, 4) is 11.4 Å². The minimum atomic E-state index is 0.133. The molecule has 3 heteroatoms. The molecule has 0 aliphatic heterocycles. The molecule has 22 heavy (non-hydrogen) atoms. The van der Waals surface area contributed by atoms with E-state index in [0.717, 1.165) is 23.5 Å². The molecule has 0 saturated heterocycles. The van der Waals surface area contributed by atoms with Gasteiger partial charge in [-0.2, -0.15) is 0 Å². The van der Waals surface area contributed by atoms with E-state index >= 15 is 0 Å². The number of Topliss-reactive ketones (excluding diaryl/α,β-unsaturated/α-hetero) is 1. The number of carbonyl (C=O) groups excluding carboxylic acids is 1. The molecule has 0 spiro atoms. The van der Waals surface area contributed by atoms with Gasteiger partial charge in [-0.3, -0.25) is 4.79 Å². The first-order valence-corrected chi connectivity index (χ1v) is 7.53. The summed E-state index contributed by atoms with van der Waals surface area (Å²) in [6.07, 6.45) is 1.38. The molecule has 0 unspecified atom stereocenters. The van der Waals surface area contributed by atoms with Crippen molar-refractivity contribution in [1.82, 2.24) is 9.97 Å². The van der Waals surface area contributed by atoms with E-state index < -0.39 is 0 Å². The van der Waals surface area contributed by atoms with Crippen LogP contribution in [0, 0.1) is 0 Å². The fraction of sp³-hybridized carbons (Fsp3) is 0.158. The highest BCUT2D eigenvalue weighted by Gasteiger charge is 2.29. The van der Waals surface area contributed by atoms with Crippen molar-refractivity contribution >= 4 is 5.78 Å². The fourth-order valence-corrected chi connectivity index (χ4v) is 3.12. The zero-order chi connectivity index (χ0) is 14.9. The summed E-state index contributed by atoms with van der Waals surface area (Å²) in [7, 11) is 0. The van der Waals surface area contributed by atoms with Crippen LogP contribution in [0.3, 0.4) is 0 Å². The molecule has 4 rings (SSSR count). The molecule has 1 heterocycles. The molecule has 1 N–H and O–H groups in total. The standard InChI is InChI=1S/C19H16N2O/c22-17-12-15(13-7-3-1-4-8-13)11-16-18(17)21-19(20-16)14-9-5-2-6-10-14/h1-10,15H,11-12H2,(H,20,21)/t15-/m0/s1. The quantitative estimate of drug-likeness (QED) is 0.775. The highest BCUT2D eigenvalue weighted by Crippen LogP contribution is 2.32. The van der Waals surface area contributed by atoms with Crippen LogP contribution in [0.4, 0.5) is 0 Å². The van der Waals surface area contributed by atoms with E-state index in [2.05, 4.69) is 22.1 Å². The van der Waals surface area contributed by atoms with Crippen LogP contribution in [0.15, 0.2) is 60.7 Å². The molecule has 3 nitrogen and oxygen atoms in total. The molecule has 0 fully saturated rings. The van der Waals surface area contributed by atoms with Gasteiger partial charge in [0.2, 0.25) is 0 Å². The van der Waals surface area contributed by atoms with Crippen LogP contribution >= 0.6 is 0 Å². The second kappa shape index (κ2) is 5.26. The summed E-state index contributed by atoms with van der Waals surface area (Å²) in [6, 6.07) is 20.2. The van der Waals surface area contributed by atoms with Crippen molar-refractivity contribution < 1.29 is 4.79 Å². The average molecular weight is 288 g/mol. The topological polar surface area (TPSA) is 45.8 Å². The van der Waals surface area contributed by atoms with Crippen molar-refractivity contribution in [2.24, 2.45) is 0 Å². The molecule has 1 aromatic heterocycles. The predicted octanol–water partition coefficient (Wildman–Crippen LogP) is 3.99. The van der Waals surface area contributed by atoms with E-state index in [9.17, 15) is 4.79 Å². The van der Waals surface area contributed by atoms with Gasteiger partial charge in [0.05, 0.1) is 0 Å². The molecule has 1 aliphatic rings. The minimum absolute atomic E-state index is 0.133. The summed E-state index contributed by atoms with van der Waals surface area (Å²) in [4.78, 5) is 20.3. The second-order valence-electron chi connectivity index (χ2n) is 5.72. The van der Waals surface area contributed by atoms with Crippen LogP contribution in [0.25, 0.3) is 11.4 Å². The van der Waals surface area contributed by atoms with E-state index in [1.807, 2.05) is 48.5 Å². The lowest BCUT2D eigenvalue weighted by atomic mass is 9.84. The van der Waals surface area contributed by atoms with E-state index in [-0.39, 0.29) is 11.7 Å². The Morgan fingerprint density at radius 1 is 0.909 bits per heavy atom. The van der Waals surface area contributed by atoms with E-state index in [0.29, 0.717) is 12.1 Å². The number of H-pyrrole nitrogens is 1. The Morgan fingerprint density at radius 3 is 2.32 bits per heavy atom. The number of aromatic nitrogens is 2. The summed E-state index contributed by atoms with van der Waals surface area (Å²) in [5.74, 6) is 1.16. The highest BCUT2D eigenvalue weighted by atomic mass is 16.1. The number of nitrogens with zero attached hydrogens (tertiary/aromatic N) is 1. The van der Waals surface area contributed by atoms with Crippen LogP contribution in [-0.4, -0.2) is 15.8 Å². The Kier molecular flexibility index (Phi) is 3.11. The zero-order valence-electron chi connectivity index (χ0n) is 12.1. The number of rotatable bonds is 2. The summed E-state index contributed by atoms with van der Waals surface area (Å²) in [5.41, 5.74) is 3.81. The Labute approximate surface area is 129 Å². The Hall–Kier alpha value is -2.68. The number of fused-ring (bicyclic) bond motifs is 1. The van der Waals surface area contributed by atoms with Crippen LogP contribution in [0.2, 0.25) is 0 Å². The second-order valence-corrected chi connectivity index (χ2v) is 5.72. The number of carbonyl (C=O) groups is 1. The number of hydrogen-bond donors (Lipinski definition) is 1. The lowest BCUT2D eigenvalue weighted by Crippen LogP contribution is -2.18. The van der Waals surface area contributed by atoms with E-state index in [1.165, 1.54) is 5.56 Å². The van der Waals surface area contributed by atoms with Crippen LogP contribution < -0.4 is 0 Å². The van der Waals surface area contributed by atoms with E-state index in [1.54, 1.807) is 0 Å². The summed E-state index contributed by atoms with van der Waals surface area (Å²) < 4.78 is 0. The lowest BCUT2D eigenvalue weighted by Gasteiger charge is -2.20. The largest absolute Gasteiger partial charge is 0.341 e. The number of ketones is 1. The molecule has 0 radical (unpaired) electrons.